The van der Waals surface area contributed by atoms with E-state index >= 15 is 0 Å². The lowest BCUT2D eigenvalue weighted by atomic mass is 10.1. The van der Waals surface area contributed by atoms with Gasteiger partial charge in [-0.1, -0.05) is 6.07 Å². The van der Waals surface area contributed by atoms with Crippen molar-refractivity contribution < 1.29 is 9.59 Å². The molecule has 2 fully saturated rings. The van der Waals surface area contributed by atoms with E-state index in [0.29, 0.717) is 12.5 Å². The number of carbonyl (C=O) groups excluding carboxylic acids is 2. The summed E-state index contributed by atoms with van der Waals surface area (Å²) in [4.78, 5) is 39.0. The fraction of sp³-hybridized carbons (Fsp3) is 0.550. The van der Waals surface area contributed by atoms with Crippen LogP contribution in [-0.4, -0.2) is 58.1 Å². The molecular weight excluding hydrogens is 358 g/mol. The first-order valence-electron chi connectivity index (χ1n) is 9.94. The third-order valence-corrected chi connectivity index (χ3v) is 6.00. The minimum absolute atomic E-state index is 0.225. The summed E-state index contributed by atoms with van der Waals surface area (Å²) in [6, 6.07) is 5.90. The maximum Gasteiger partial charge on any atom is 0.329 e. The molecule has 0 bridgehead atoms. The molecule has 2 aromatic rings. The molecule has 28 heavy (non-hydrogen) atoms. The molecule has 1 unspecified atom stereocenters. The molecule has 1 aromatic heterocycles. The first kappa shape index (κ1) is 18.9. The Labute approximate surface area is 163 Å². The summed E-state index contributed by atoms with van der Waals surface area (Å²) in [5.74, 6) is -0.679. The highest BCUT2D eigenvalue weighted by Crippen LogP contribution is 2.24. The fourth-order valence-corrected chi connectivity index (χ4v) is 4.28. The van der Waals surface area contributed by atoms with Crippen LogP contribution in [0.4, 0.5) is 0 Å². The van der Waals surface area contributed by atoms with E-state index in [1.165, 1.54) is 10.1 Å². The van der Waals surface area contributed by atoms with E-state index in [0.717, 1.165) is 43.6 Å². The summed E-state index contributed by atoms with van der Waals surface area (Å²) in [5.41, 5.74) is 2.51. The molecule has 3 heterocycles. The molecule has 8 nitrogen and oxygen atoms in total. The van der Waals surface area contributed by atoms with Crippen LogP contribution in [-0.2, 0) is 23.1 Å². The van der Waals surface area contributed by atoms with Crippen LogP contribution in [0.3, 0.4) is 0 Å². The van der Waals surface area contributed by atoms with Crippen molar-refractivity contribution in [2.24, 2.45) is 7.05 Å². The van der Waals surface area contributed by atoms with E-state index in [1.807, 2.05) is 18.2 Å². The number of piperidine rings is 1. The summed E-state index contributed by atoms with van der Waals surface area (Å²) < 4.78 is 3.12. The molecular formula is C20H27N5O3. The number of rotatable bonds is 4. The monoisotopic (exact) mass is 385 g/mol. The Morgan fingerprint density at radius 1 is 1.18 bits per heavy atom. The Balaban J connectivity index is 1.60. The number of imide groups is 1. The molecule has 0 spiro atoms. The topological polar surface area (TPSA) is 88.4 Å². The van der Waals surface area contributed by atoms with Gasteiger partial charge in [0.1, 0.15) is 6.04 Å². The molecule has 8 heteroatoms. The predicted molar refractivity (Wildman–Crippen MR) is 106 cm³/mol. The van der Waals surface area contributed by atoms with Gasteiger partial charge in [0.15, 0.2) is 0 Å². The van der Waals surface area contributed by atoms with Gasteiger partial charge in [-0.15, -0.1) is 0 Å². The molecule has 2 aliphatic rings. The molecule has 0 radical (unpaired) electrons. The Morgan fingerprint density at radius 3 is 2.75 bits per heavy atom. The molecule has 2 aliphatic heterocycles. The second-order valence-electron chi connectivity index (χ2n) is 7.84. The van der Waals surface area contributed by atoms with Crippen molar-refractivity contribution in [2.75, 3.05) is 26.2 Å². The smallest absolute Gasteiger partial charge is 0.314 e. The minimum Gasteiger partial charge on any atom is -0.314 e. The quantitative estimate of drug-likeness (QED) is 0.732. The van der Waals surface area contributed by atoms with Gasteiger partial charge in [0.25, 0.3) is 0 Å². The second kappa shape index (κ2) is 7.52. The Bertz CT molecular complexity index is 976. The number of piperazine rings is 1. The van der Waals surface area contributed by atoms with Gasteiger partial charge in [-0.05, 0) is 37.5 Å². The maximum atomic E-state index is 12.8. The average molecular weight is 385 g/mol. The number of fused-ring (bicyclic) bond motifs is 1. The number of hydrogen-bond donors (Lipinski definition) is 2. The lowest BCUT2D eigenvalue weighted by Gasteiger charge is -2.33. The third-order valence-electron chi connectivity index (χ3n) is 6.00. The van der Waals surface area contributed by atoms with Crippen molar-refractivity contribution >= 4 is 22.8 Å². The lowest BCUT2D eigenvalue weighted by Crippen LogP contribution is -2.50. The fourth-order valence-electron chi connectivity index (χ4n) is 4.28. The van der Waals surface area contributed by atoms with Gasteiger partial charge in [0.05, 0.1) is 11.0 Å². The Morgan fingerprint density at radius 2 is 2.00 bits per heavy atom. The SMILES string of the molecule is C[C@H]1CNCCN1CCc1ccc2c(c1)n(C)c(=O)n2C1CCC(=O)NC1=O. The van der Waals surface area contributed by atoms with Crippen LogP contribution >= 0.6 is 0 Å². The van der Waals surface area contributed by atoms with Crippen molar-refractivity contribution in [2.45, 2.75) is 38.3 Å². The standard InChI is InChI=1S/C20H27N5O3/c1-13-12-21-8-10-24(13)9-7-14-3-4-15-17(11-14)23(2)20(28)25(15)16-5-6-18(26)22-19(16)27/h3-4,11,13,16,21H,5-10,12H2,1-2H3,(H,22,26,27)/t13-,16?/m0/s1. The van der Waals surface area contributed by atoms with Crippen molar-refractivity contribution in [3.63, 3.8) is 0 Å². The summed E-state index contributed by atoms with van der Waals surface area (Å²) in [6.07, 6.45) is 1.52. The largest absolute Gasteiger partial charge is 0.329 e. The molecule has 0 aliphatic carbocycles. The van der Waals surface area contributed by atoms with Gasteiger partial charge in [0.2, 0.25) is 11.8 Å². The van der Waals surface area contributed by atoms with Gasteiger partial charge < -0.3 is 5.32 Å². The second-order valence-corrected chi connectivity index (χ2v) is 7.84. The highest BCUT2D eigenvalue weighted by Gasteiger charge is 2.31. The van der Waals surface area contributed by atoms with E-state index in [9.17, 15) is 14.4 Å². The molecule has 150 valence electrons. The van der Waals surface area contributed by atoms with Gasteiger partial charge in [-0.25, -0.2) is 4.79 Å². The number of amides is 2. The Hall–Kier alpha value is -2.45. The number of imidazole rings is 1. The van der Waals surface area contributed by atoms with E-state index in [2.05, 4.69) is 22.5 Å². The van der Waals surface area contributed by atoms with Crippen LogP contribution in [0, 0.1) is 0 Å². The molecule has 2 atom stereocenters. The first-order chi connectivity index (χ1) is 13.5. The van der Waals surface area contributed by atoms with Crippen LogP contribution in [0.15, 0.2) is 23.0 Å². The maximum absolute atomic E-state index is 12.8. The minimum atomic E-state index is -0.638. The number of nitrogens with zero attached hydrogens (tertiary/aromatic N) is 3. The van der Waals surface area contributed by atoms with Crippen molar-refractivity contribution in [1.29, 1.82) is 0 Å². The van der Waals surface area contributed by atoms with Crippen molar-refractivity contribution in [3.8, 4) is 0 Å². The molecule has 1 aromatic carbocycles. The highest BCUT2D eigenvalue weighted by molar-refractivity contribution is 6.00. The predicted octanol–water partition coefficient (Wildman–Crippen LogP) is 0.154. The molecule has 4 rings (SSSR count). The van der Waals surface area contributed by atoms with Crippen LogP contribution in [0.25, 0.3) is 11.0 Å². The zero-order valence-electron chi connectivity index (χ0n) is 16.4. The number of benzene rings is 1. The normalized spacial score (nSPS) is 23.9. The van der Waals surface area contributed by atoms with Crippen molar-refractivity contribution in [3.05, 3.63) is 34.2 Å². The number of nitrogens with one attached hydrogen (secondary N) is 2. The van der Waals surface area contributed by atoms with E-state index in [1.54, 1.807) is 11.6 Å². The van der Waals surface area contributed by atoms with Crippen molar-refractivity contribution in [1.82, 2.24) is 24.7 Å². The molecule has 0 saturated carbocycles. The zero-order chi connectivity index (χ0) is 19.8. The molecule has 2 N–H and O–H groups in total. The van der Waals surface area contributed by atoms with E-state index < -0.39 is 11.9 Å². The van der Waals surface area contributed by atoms with Gasteiger partial charge in [0, 0.05) is 45.7 Å². The van der Waals surface area contributed by atoms with Crippen LogP contribution in [0.1, 0.15) is 31.4 Å². The zero-order valence-corrected chi connectivity index (χ0v) is 16.4. The van der Waals surface area contributed by atoms with Crippen LogP contribution < -0.4 is 16.3 Å². The summed E-state index contributed by atoms with van der Waals surface area (Å²) >= 11 is 0. The number of aromatic nitrogens is 2. The van der Waals surface area contributed by atoms with Gasteiger partial charge in [-0.3, -0.25) is 28.9 Å². The van der Waals surface area contributed by atoms with Crippen LogP contribution in [0.2, 0.25) is 0 Å². The van der Waals surface area contributed by atoms with E-state index in [4.69, 9.17) is 0 Å². The van der Waals surface area contributed by atoms with Gasteiger partial charge in [-0.2, -0.15) is 0 Å². The lowest BCUT2D eigenvalue weighted by molar-refractivity contribution is -0.135. The third kappa shape index (κ3) is 3.38. The van der Waals surface area contributed by atoms with E-state index in [-0.39, 0.29) is 18.0 Å². The summed E-state index contributed by atoms with van der Waals surface area (Å²) in [6.45, 7) is 6.30. The van der Waals surface area contributed by atoms with Crippen LogP contribution in [0.5, 0.6) is 0 Å². The average Bonchev–Trinajstić information content (AvgIpc) is 2.92. The summed E-state index contributed by atoms with van der Waals surface area (Å²) in [7, 11) is 1.73. The Kier molecular flexibility index (Phi) is 5.07. The highest BCUT2D eigenvalue weighted by atomic mass is 16.2. The van der Waals surface area contributed by atoms with Gasteiger partial charge >= 0.3 is 5.69 Å². The molecule has 2 amide bonds. The number of carbonyl (C=O) groups is 2. The number of aryl methyl sites for hydroxylation is 1. The molecule has 2 saturated heterocycles. The summed E-state index contributed by atoms with van der Waals surface area (Å²) in [5, 5.41) is 5.75. The number of hydrogen-bond acceptors (Lipinski definition) is 5. The first-order valence-corrected chi connectivity index (χ1v) is 9.94.